The maximum absolute atomic E-state index is 13.5. The van der Waals surface area contributed by atoms with Gasteiger partial charge in [0.1, 0.15) is 5.75 Å². The first kappa shape index (κ1) is 35.7. The highest BCUT2D eigenvalue weighted by Gasteiger charge is 2.34. The lowest BCUT2D eigenvalue weighted by Gasteiger charge is -2.33. The Balaban J connectivity index is 1.03. The third-order valence-electron chi connectivity index (χ3n) is 8.74. The Bertz CT molecular complexity index is 1570. The van der Waals surface area contributed by atoms with Crippen molar-refractivity contribution >= 4 is 39.9 Å². The van der Waals surface area contributed by atoms with E-state index in [1.165, 1.54) is 6.42 Å². The molecule has 3 N–H and O–H groups in total. The molecule has 1 heterocycles. The van der Waals surface area contributed by atoms with E-state index in [4.69, 9.17) is 4.74 Å². The minimum absolute atomic E-state index is 0.0942. The Kier molecular flexibility index (Phi) is 11.8. The summed E-state index contributed by atoms with van der Waals surface area (Å²) in [5.41, 5.74) is 16.6. The van der Waals surface area contributed by atoms with Crippen LogP contribution in [0.15, 0.2) is 95.2 Å². The van der Waals surface area contributed by atoms with Gasteiger partial charge < -0.3 is 9.64 Å². The number of alkyl halides is 2. The second-order valence-electron chi connectivity index (χ2n) is 14.4. The number of nitrogens with zero attached hydrogens (tertiary/aromatic N) is 4. The van der Waals surface area contributed by atoms with E-state index in [2.05, 4.69) is 54.2 Å². The summed E-state index contributed by atoms with van der Waals surface area (Å²) in [6.45, 7) is 10.6. The van der Waals surface area contributed by atoms with Crippen LogP contribution in [0.3, 0.4) is 0 Å². The minimum atomic E-state index is -2.54. The number of rotatable bonds is 13. The SMILES string of the molecule is CC(CCOc1ccc(NN=C2C=CC(=NNc3ccc(NN(C)c4ccc(N5CCC(F)(F)CC5)cc4)cc3)CC2)cc1)CC(C)(C)C. The van der Waals surface area contributed by atoms with Crippen LogP contribution in [0.5, 0.6) is 5.75 Å². The minimum Gasteiger partial charge on any atom is -0.494 e. The highest BCUT2D eigenvalue weighted by atomic mass is 19.3. The molecule has 5 rings (SSSR count). The molecule has 0 radical (unpaired) electrons. The quantitative estimate of drug-likeness (QED) is 0.157. The number of hydrazine groups is 1. The summed E-state index contributed by atoms with van der Waals surface area (Å²) >= 11 is 0. The van der Waals surface area contributed by atoms with Crippen molar-refractivity contribution in [3.8, 4) is 5.75 Å². The normalized spacial score (nSPS) is 18.3. The number of piperidine rings is 1. The van der Waals surface area contributed by atoms with E-state index in [-0.39, 0.29) is 12.8 Å². The zero-order chi connectivity index (χ0) is 34.9. The van der Waals surface area contributed by atoms with Crippen LogP contribution in [0.2, 0.25) is 0 Å². The molecule has 0 spiro atoms. The molecule has 0 amide bonds. The van der Waals surface area contributed by atoms with Crippen molar-refractivity contribution < 1.29 is 13.5 Å². The summed E-state index contributed by atoms with van der Waals surface area (Å²) < 4.78 is 33.0. The van der Waals surface area contributed by atoms with Gasteiger partial charge in [-0.15, -0.1) is 0 Å². The first-order chi connectivity index (χ1) is 23.4. The van der Waals surface area contributed by atoms with Gasteiger partial charge in [0.15, 0.2) is 0 Å². The molecule has 0 aromatic heterocycles. The molecule has 3 aromatic carbocycles. The van der Waals surface area contributed by atoms with E-state index in [0.717, 1.165) is 71.5 Å². The van der Waals surface area contributed by atoms with Gasteiger partial charge >= 0.3 is 0 Å². The Morgan fingerprint density at radius 3 is 1.88 bits per heavy atom. The van der Waals surface area contributed by atoms with Crippen LogP contribution in [-0.4, -0.2) is 44.1 Å². The topological polar surface area (TPSA) is 76.5 Å². The Morgan fingerprint density at radius 2 is 1.35 bits per heavy atom. The number of hydrogen-bond donors (Lipinski definition) is 3. The summed E-state index contributed by atoms with van der Waals surface area (Å²) in [7, 11) is 1.94. The van der Waals surface area contributed by atoms with Crippen LogP contribution in [-0.2, 0) is 0 Å². The highest BCUT2D eigenvalue weighted by Crippen LogP contribution is 2.31. The molecule has 49 heavy (non-hydrogen) atoms. The van der Waals surface area contributed by atoms with E-state index in [1.54, 1.807) is 0 Å². The van der Waals surface area contributed by atoms with Gasteiger partial charge in [-0.3, -0.25) is 21.3 Å². The first-order valence-electron chi connectivity index (χ1n) is 17.3. The van der Waals surface area contributed by atoms with Crippen LogP contribution in [0.1, 0.15) is 66.2 Å². The standard InChI is InChI=1S/C39H51F2N7O/c1-29(28-38(2,3)4)22-27-49-37-20-14-33(15-21-37)45-43-31-8-6-30(7-9-31)42-44-32-10-12-34(13-11-32)46-47(5)35-16-18-36(19-17-35)48-25-23-39(40,41)24-26-48/h6,8,10-21,29,44-46H,7,9,22-28H2,1-5H3. The van der Waals surface area contributed by atoms with Gasteiger partial charge in [-0.1, -0.05) is 27.7 Å². The first-order valence-corrected chi connectivity index (χ1v) is 17.3. The number of hydrazone groups is 2. The van der Waals surface area contributed by atoms with E-state index in [1.807, 2.05) is 102 Å². The number of ether oxygens (including phenoxy) is 1. The second kappa shape index (κ2) is 16.2. The lowest BCUT2D eigenvalue weighted by molar-refractivity contribution is -0.0220. The van der Waals surface area contributed by atoms with Gasteiger partial charge in [-0.2, -0.15) is 10.2 Å². The summed E-state index contributed by atoms with van der Waals surface area (Å²) in [5.74, 6) is -1.03. The zero-order valence-electron chi connectivity index (χ0n) is 29.5. The van der Waals surface area contributed by atoms with Crippen LogP contribution in [0, 0.1) is 11.3 Å². The van der Waals surface area contributed by atoms with Gasteiger partial charge in [0.2, 0.25) is 0 Å². The molecule has 2 aliphatic rings. The lowest BCUT2D eigenvalue weighted by atomic mass is 9.84. The monoisotopic (exact) mass is 671 g/mol. The Labute approximate surface area is 290 Å². The number of hydrogen-bond acceptors (Lipinski definition) is 8. The number of nitrogens with one attached hydrogen (secondary N) is 3. The number of halogens is 2. The van der Waals surface area contributed by atoms with Crippen LogP contribution >= 0.6 is 0 Å². The van der Waals surface area contributed by atoms with Crippen LogP contribution in [0.25, 0.3) is 0 Å². The van der Waals surface area contributed by atoms with Crippen molar-refractivity contribution in [1.29, 1.82) is 0 Å². The average Bonchev–Trinajstić information content (AvgIpc) is 3.07. The third-order valence-corrected chi connectivity index (χ3v) is 8.74. The zero-order valence-corrected chi connectivity index (χ0v) is 29.5. The maximum Gasteiger partial charge on any atom is 0.251 e. The fourth-order valence-corrected chi connectivity index (χ4v) is 6.08. The van der Waals surface area contributed by atoms with Gasteiger partial charge in [-0.25, -0.2) is 8.78 Å². The van der Waals surface area contributed by atoms with Crippen molar-refractivity contribution in [2.45, 2.75) is 72.1 Å². The molecule has 3 aromatic rings. The molecule has 1 saturated heterocycles. The average molecular weight is 672 g/mol. The molecule has 8 nitrogen and oxygen atoms in total. The summed E-state index contributed by atoms with van der Waals surface area (Å²) in [5, 5.41) is 11.1. The van der Waals surface area contributed by atoms with Crippen molar-refractivity contribution in [2.24, 2.45) is 21.5 Å². The summed E-state index contributed by atoms with van der Waals surface area (Å²) in [6, 6.07) is 23.8. The van der Waals surface area contributed by atoms with Crippen LogP contribution in [0.4, 0.5) is 37.2 Å². The molecule has 0 bridgehead atoms. The molecule has 1 fully saturated rings. The van der Waals surface area contributed by atoms with Gasteiger partial charge in [0, 0.05) is 38.7 Å². The molecular weight excluding hydrogens is 620 g/mol. The molecule has 1 aliphatic carbocycles. The summed E-state index contributed by atoms with van der Waals surface area (Å²) in [4.78, 5) is 2.02. The fraction of sp³-hybridized carbons (Fsp3) is 0.436. The molecule has 1 aliphatic heterocycles. The highest BCUT2D eigenvalue weighted by molar-refractivity contribution is 6.09. The predicted octanol–water partition coefficient (Wildman–Crippen LogP) is 9.81. The molecule has 0 saturated carbocycles. The summed E-state index contributed by atoms with van der Waals surface area (Å²) in [6.07, 6.45) is 7.62. The lowest BCUT2D eigenvalue weighted by Crippen LogP contribution is -2.39. The molecule has 262 valence electrons. The Morgan fingerprint density at radius 1 is 0.816 bits per heavy atom. The molecular formula is C39H51F2N7O. The van der Waals surface area contributed by atoms with E-state index in [0.29, 0.717) is 24.4 Å². The molecule has 1 unspecified atom stereocenters. The third kappa shape index (κ3) is 11.5. The van der Waals surface area contributed by atoms with Gasteiger partial charge in [-0.05, 0) is 122 Å². The number of benzene rings is 3. The van der Waals surface area contributed by atoms with Crippen molar-refractivity contribution in [2.75, 3.05) is 52.9 Å². The largest absolute Gasteiger partial charge is 0.494 e. The van der Waals surface area contributed by atoms with Crippen molar-refractivity contribution in [3.63, 3.8) is 0 Å². The second-order valence-corrected chi connectivity index (χ2v) is 14.4. The van der Waals surface area contributed by atoms with Crippen LogP contribution < -0.4 is 30.9 Å². The smallest absolute Gasteiger partial charge is 0.251 e. The van der Waals surface area contributed by atoms with E-state index < -0.39 is 5.92 Å². The van der Waals surface area contributed by atoms with E-state index >= 15 is 0 Å². The number of allylic oxidation sites excluding steroid dienone is 2. The Hall–Kier alpha value is -4.60. The predicted molar refractivity (Wildman–Crippen MR) is 202 cm³/mol. The number of anilines is 5. The van der Waals surface area contributed by atoms with Gasteiger partial charge in [0.05, 0.1) is 40.8 Å². The molecule has 1 atom stereocenters. The van der Waals surface area contributed by atoms with Crippen molar-refractivity contribution in [1.82, 2.24) is 0 Å². The maximum atomic E-state index is 13.5. The fourth-order valence-electron chi connectivity index (χ4n) is 6.08. The molecule has 10 heteroatoms. The van der Waals surface area contributed by atoms with E-state index in [9.17, 15) is 8.78 Å². The van der Waals surface area contributed by atoms with Crippen molar-refractivity contribution in [3.05, 3.63) is 84.9 Å². The van der Waals surface area contributed by atoms with Gasteiger partial charge in [0.25, 0.3) is 5.92 Å².